The van der Waals surface area contributed by atoms with Crippen LogP contribution in [0, 0.1) is 5.92 Å². The van der Waals surface area contributed by atoms with E-state index >= 15 is 0 Å². The van der Waals surface area contributed by atoms with Crippen LogP contribution in [0.1, 0.15) is 44.2 Å². The molecular weight excluding hydrogens is 384 g/mol. The molecule has 5 rings (SSSR count). The van der Waals surface area contributed by atoms with Crippen LogP contribution in [0.2, 0.25) is 0 Å². The Morgan fingerprint density at radius 2 is 2.13 bits per heavy atom. The molecule has 0 amide bonds. The molecule has 1 aromatic carbocycles. The number of hydrogen-bond acceptors (Lipinski definition) is 6. The number of carboxylic acid groups (broad SMARTS) is 1. The summed E-state index contributed by atoms with van der Waals surface area (Å²) in [6.45, 7) is 4.77. The molecule has 2 bridgehead atoms. The highest BCUT2D eigenvalue weighted by molar-refractivity contribution is 5.74. The standard InChI is InChI=1S/C23H32N2O5/c1-12(2)18(21(27)28)24-14-7-8-23(29-4)16-11-13-5-6-15(26)19-17(13)22(23,20(14)30-19)9-10-25(16)3/h5-6,12,14,16,18,20,24,26H,7-11H2,1-4H3,(H,27,28)/t14-,16?,18-,20+,22+,23-/m1/s1. The van der Waals surface area contributed by atoms with Crippen LogP contribution in [0.15, 0.2) is 12.1 Å². The lowest BCUT2D eigenvalue weighted by Gasteiger charge is -2.65. The van der Waals surface area contributed by atoms with Crippen molar-refractivity contribution in [2.45, 2.75) is 74.8 Å². The fraction of sp³-hybridized carbons (Fsp3) is 0.696. The lowest BCUT2D eigenvalue weighted by molar-refractivity contribution is -0.204. The molecule has 1 saturated carbocycles. The number of phenols is 1. The Balaban J connectivity index is 1.67. The van der Waals surface area contributed by atoms with E-state index in [2.05, 4.69) is 17.3 Å². The molecule has 0 aromatic heterocycles. The van der Waals surface area contributed by atoms with E-state index in [-0.39, 0.29) is 29.9 Å². The van der Waals surface area contributed by atoms with Gasteiger partial charge in [-0.3, -0.25) is 10.1 Å². The molecule has 4 aliphatic rings. The molecule has 1 aromatic rings. The molecule has 1 saturated heterocycles. The Morgan fingerprint density at radius 1 is 1.37 bits per heavy atom. The van der Waals surface area contributed by atoms with Crippen LogP contribution in [0.3, 0.4) is 0 Å². The second-order valence-corrected chi connectivity index (χ2v) is 9.87. The first-order valence-corrected chi connectivity index (χ1v) is 11.0. The summed E-state index contributed by atoms with van der Waals surface area (Å²) in [5.74, 6) is -0.141. The third-order valence-electron chi connectivity index (χ3n) is 8.38. The fourth-order valence-electron chi connectivity index (χ4n) is 7.09. The van der Waals surface area contributed by atoms with E-state index in [1.807, 2.05) is 19.9 Å². The van der Waals surface area contributed by atoms with Crippen molar-refractivity contribution >= 4 is 5.97 Å². The summed E-state index contributed by atoms with van der Waals surface area (Å²) in [6, 6.07) is 3.21. The summed E-state index contributed by atoms with van der Waals surface area (Å²) >= 11 is 0. The minimum atomic E-state index is -0.838. The smallest absolute Gasteiger partial charge is 0.320 e. The summed E-state index contributed by atoms with van der Waals surface area (Å²) in [7, 11) is 3.97. The van der Waals surface area contributed by atoms with Crippen molar-refractivity contribution in [2.24, 2.45) is 5.92 Å². The average Bonchev–Trinajstić information content (AvgIpc) is 3.06. The van der Waals surface area contributed by atoms with Gasteiger partial charge in [0.25, 0.3) is 0 Å². The van der Waals surface area contributed by atoms with Gasteiger partial charge in [-0.2, -0.15) is 0 Å². The van der Waals surface area contributed by atoms with Gasteiger partial charge in [0.15, 0.2) is 11.5 Å². The van der Waals surface area contributed by atoms with E-state index in [4.69, 9.17) is 9.47 Å². The number of aliphatic carboxylic acids is 1. The minimum Gasteiger partial charge on any atom is -0.504 e. The molecule has 2 aliphatic carbocycles. The third-order valence-corrected chi connectivity index (χ3v) is 8.38. The van der Waals surface area contributed by atoms with E-state index in [1.54, 1.807) is 13.2 Å². The second kappa shape index (κ2) is 6.58. The average molecular weight is 417 g/mol. The minimum absolute atomic E-state index is 0.0431. The van der Waals surface area contributed by atoms with E-state index in [0.717, 1.165) is 37.8 Å². The number of likely N-dealkylation sites (tertiary alicyclic amines) is 1. The van der Waals surface area contributed by atoms with Crippen molar-refractivity contribution in [3.05, 3.63) is 23.3 Å². The first-order valence-electron chi connectivity index (χ1n) is 11.0. The number of methoxy groups -OCH3 is 1. The number of piperidine rings is 1. The molecular formula is C23H32N2O5. The Kier molecular flexibility index (Phi) is 4.41. The summed E-state index contributed by atoms with van der Waals surface area (Å²) in [4.78, 5) is 14.3. The van der Waals surface area contributed by atoms with Crippen LogP contribution < -0.4 is 10.1 Å². The maximum Gasteiger partial charge on any atom is 0.320 e. The Bertz CT molecular complexity index is 889. The molecule has 7 nitrogen and oxygen atoms in total. The molecule has 1 spiro atoms. The summed E-state index contributed by atoms with van der Waals surface area (Å²) in [6.07, 6.45) is 3.05. The van der Waals surface area contributed by atoms with E-state index < -0.39 is 23.0 Å². The molecule has 30 heavy (non-hydrogen) atoms. The molecule has 1 unspecified atom stereocenters. The van der Waals surface area contributed by atoms with Gasteiger partial charge in [-0.05, 0) is 56.8 Å². The molecule has 3 N–H and O–H groups in total. The SMILES string of the molecule is CO[C@@]12CC[C@@H](N[C@@H](C(=O)O)C(C)C)[C@@H]3Oc4c(O)ccc5c4[C@@]31CCN(C)C2C5. The normalized spacial score (nSPS) is 37.6. The van der Waals surface area contributed by atoms with Gasteiger partial charge in [0.1, 0.15) is 12.1 Å². The lowest BCUT2D eigenvalue weighted by Crippen LogP contribution is -2.78. The van der Waals surface area contributed by atoms with Gasteiger partial charge >= 0.3 is 5.97 Å². The van der Waals surface area contributed by atoms with Crippen molar-refractivity contribution < 1.29 is 24.5 Å². The van der Waals surface area contributed by atoms with Crippen molar-refractivity contribution in [1.82, 2.24) is 10.2 Å². The predicted molar refractivity (Wildman–Crippen MR) is 111 cm³/mol. The Hall–Kier alpha value is -1.83. The highest BCUT2D eigenvalue weighted by Crippen LogP contribution is 2.66. The molecule has 2 aliphatic heterocycles. The van der Waals surface area contributed by atoms with Crippen molar-refractivity contribution in [3.8, 4) is 11.5 Å². The third kappa shape index (κ3) is 2.29. The maximum absolute atomic E-state index is 11.9. The van der Waals surface area contributed by atoms with Crippen molar-refractivity contribution in [1.29, 1.82) is 0 Å². The lowest BCUT2D eigenvalue weighted by atomic mass is 9.48. The molecule has 164 valence electrons. The van der Waals surface area contributed by atoms with Gasteiger partial charge in [-0.15, -0.1) is 0 Å². The number of ether oxygens (including phenoxy) is 2. The number of nitrogens with one attached hydrogen (secondary N) is 1. The highest BCUT2D eigenvalue weighted by Gasteiger charge is 2.73. The van der Waals surface area contributed by atoms with Crippen LogP contribution in [0.4, 0.5) is 0 Å². The van der Waals surface area contributed by atoms with Gasteiger partial charge in [0, 0.05) is 24.8 Å². The number of rotatable bonds is 5. The van der Waals surface area contributed by atoms with Crippen molar-refractivity contribution in [3.63, 3.8) is 0 Å². The molecule has 0 radical (unpaired) electrons. The summed E-state index contributed by atoms with van der Waals surface area (Å²) < 4.78 is 13.0. The predicted octanol–water partition coefficient (Wildman–Crippen LogP) is 1.90. The number of benzene rings is 1. The zero-order valence-corrected chi connectivity index (χ0v) is 18.1. The van der Waals surface area contributed by atoms with Crippen LogP contribution in [0.25, 0.3) is 0 Å². The van der Waals surface area contributed by atoms with Crippen LogP contribution in [-0.2, 0) is 21.4 Å². The van der Waals surface area contributed by atoms with Gasteiger partial charge < -0.3 is 24.6 Å². The number of likely N-dealkylation sites (N-methyl/N-ethyl adjacent to an activating group) is 1. The Morgan fingerprint density at radius 3 is 2.80 bits per heavy atom. The summed E-state index contributed by atoms with van der Waals surface area (Å²) in [5, 5.41) is 23.9. The largest absolute Gasteiger partial charge is 0.504 e. The van der Waals surface area contributed by atoms with Gasteiger partial charge in [-0.1, -0.05) is 19.9 Å². The van der Waals surface area contributed by atoms with E-state index in [0.29, 0.717) is 5.75 Å². The van der Waals surface area contributed by atoms with Crippen molar-refractivity contribution in [2.75, 3.05) is 20.7 Å². The van der Waals surface area contributed by atoms with E-state index in [9.17, 15) is 15.0 Å². The van der Waals surface area contributed by atoms with Gasteiger partial charge in [0.05, 0.1) is 11.0 Å². The number of phenolic OH excluding ortho intramolecular Hbond substituents is 1. The number of hydrogen-bond donors (Lipinski definition) is 3. The zero-order valence-electron chi connectivity index (χ0n) is 18.1. The van der Waals surface area contributed by atoms with E-state index in [1.165, 1.54) is 5.56 Å². The van der Waals surface area contributed by atoms with Crippen LogP contribution >= 0.6 is 0 Å². The number of nitrogens with zero attached hydrogens (tertiary/aromatic N) is 1. The Labute approximate surface area is 177 Å². The number of carboxylic acids is 1. The van der Waals surface area contributed by atoms with Crippen LogP contribution in [-0.4, -0.2) is 71.6 Å². The monoisotopic (exact) mass is 416 g/mol. The van der Waals surface area contributed by atoms with Crippen LogP contribution in [0.5, 0.6) is 11.5 Å². The molecule has 2 fully saturated rings. The number of aromatic hydroxyl groups is 1. The fourth-order valence-corrected chi connectivity index (χ4v) is 7.09. The summed E-state index contributed by atoms with van der Waals surface area (Å²) in [5.41, 5.74) is 1.51. The second-order valence-electron chi connectivity index (χ2n) is 9.87. The molecule has 2 heterocycles. The van der Waals surface area contributed by atoms with Gasteiger partial charge in [-0.25, -0.2) is 0 Å². The zero-order chi connectivity index (χ0) is 21.4. The molecule has 6 atom stereocenters. The maximum atomic E-state index is 11.9. The molecule has 7 heteroatoms. The quantitative estimate of drug-likeness (QED) is 0.675. The first-order chi connectivity index (χ1) is 14.3. The van der Waals surface area contributed by atoms with Gasteiger partial charge in [0.2, 0.25) is 0 Å². The topological polar surface area (TPSA) is 91.3 Å². The number of carbonyl (C=O) groups is 1. The first kappa shape index (κ1) is 20.1. The highest BCUT2D eigenvalue weighted by atomic mass is 16.5.